The summed E-state index contributed by atoms with van der Waals surface area (Å²) in [5.74, 6) is 1.97. The van der Waals surface area contributed by atoms with E-state index in [4.69, 9.17) is 0 Å². The number of fused-ring (bicyclic) bond motifs is 1. The zero-order chi connectivity index (χ0) is 21.9. The van der Waals surface area contributed by atoms with E-state index in [-0.39, 0.29) is 5.91 Å². The second-order valence-corrected chi connectivity index (χ2v) is 8.61. The predicted molar refractivity (Wildman–Crippen MR) is 122 cm³/mol. The summed E-state index contributed by atoms with van der Waals surface area (Å²) in [7, 11) is 0. The predicted octanol–water partition coefficient (Wildman–Crippen LogP) is 0.899. The van der Waals surface area contributed by atoms with E-state index < -0.39 is 0 Å². The van der Waals surface area contributed by atoms with Crippen LogP contribution in [0, 0.1) is 6.92 Å². The first-order valence-electron chi connectivity index (χ1n) is 11.4. The summed E-state index contributed by atoms with van der Waals surface area (Å²) in [5.41, 5.74) is 2.09. The summed E-state index contributed by atoms with van der Waals surface area (Å²) in [4.78, 5) is 21.8. The number of aromatic nitrogens is 4. The largest absolute Gasteiger partial charge is 0.353 e. The smallest absolute Gasteiger partial charge is 0.236 e. The Balaban J connectivity index is 1.08. The quantitative estimate of drug-likeness (QED) is 0.591. The number of hydrogen-bond acceptors (Lipinski definition) is 7. The standard InChI is InChI=1S/C23H30N8O/c1-19-24-25-21-7-8-22(26-31(19)21)29-13-9-28(10-14-29)18-23(32)30-15-11-27(12-16-30)17-20-5-3-2-4-6-20/h2-8H,9-18H2,1H3. The molecule has 0 radical (unpaired) electrons. The molecule has 32 heavy (non-hydrogen) atoms. The Bertz CT molecular complexity index is 1050. The number of amides is 1. The van der Waals surface area contributed by atoms with Crippen molar-refractivity contribution >= 4 is 17.4 Å². The van der Waals surface area contributed by atoms with E-state index in [1.165, 1.54) is 5.56 Å². The number of rotatable bonds is 5. The van der Waals surface area contributed by atoms with Crippen molar-refractivity contribution < 1.29 is 4.79 Å². The summed E-state index contributed by atoms with van der Waals surface area (Å²) in [5, 5.41) is 12.8. The summed E-state index contributed by atoms with van der Waals surface area (Å²) < 4.78 is 1.78. The van der Waals surface area contributed by atoms with Crippen molar-refractivity contribution in [3.8, 4) is 0 Å². The number of carbonyl (C=O) groups is 1. The van der Waals surface area contributed by atoms with Gasteiger partial charge in [-0.2, -0.15) is 4.52 Å². The zero-order valence-corrected chi connectivity index (χ0v) is 18.6. The van der Waals surface area contributed by atoms with E-state index in [0.717, 1.165) is 76.2 Å². The first-order chi connectivity index (χ1) is 15.7. The van der Waals surface area contributed by atoms with Gasteiger partial charge in [0.05, 0.1) is 6.54 Å². The van der Waals surface area contributed by atoms with Gasteiger partial charge >= 0.3 is 0 Å². The van der Waals surface area contributed by atoms with Crippen LogP contribution in [0.2, 0.25) is 0 Å². The van der Waals surface area contributed by atoms with Gasteiger partial charge in [0.2, 0.25) is 5.91 Å². The first-order valence-corrected chi connectivity index (χ1v) is 11.4. The molecule has 0 aliphatic carbocycles. The third-order valence-electron chi connectivity index (χ3n) is 6.43. The molecule has 2 fully saturated rings. The maximum Gasteiger partial charge on any atom is 0.236 e. The Morgan fingerprint density at radius 2 is 1.56 bits per heavy atom. The number of anilines is 1. The van der Waals surface area contributed by atoms with Crippen LogP contribution in [0.1, 0.15) is 11.4 Å². The number of benzene rings is 1. The average Bonchev–Trinajstić information content (AvgIpc) is 3.21. The average molecular weight is 435 g/mol. The van der Waals surface area contributed by atoms with Gasteiger partial charge in [0.15, 0.2) is 11.5 Å². The zero-order valence-electron chi connectivity index (χ0n) is 18.6. The minimum absolute atomic E-state index is 0.248. The summed E-state index contributed by atoms with van der Waals surface area (Å²) in [6.07, 6.45) is 0. The Labute approximate surface area is 188 Å². The van der Waals surface area contributed by atoms with Crippen LogP contribution in [0.5, 0.6) is 0 Å². The Kier molecular flexibility index (Phi) is 6.00. The third kappa shape index (κ3) is 4.58. The molecule has 168 valence electrons. The molecule has 0 spiro atoms. The normalized spacial score (nSPS) is 18.4. The lowest BCUT2D eigenvalue weighted by molar-refractivity contribution is -0.134. The number of hydrogen-bond donors (Lipinski definition) is 0. The van der Waals surface area contributed by atoms with Crippen LogP contribution >= 0.6 is 0 Å². The number of nitrogens with zero attached hydrogens (tertiary/aromatic N) is 8. The van der Waals surface area contributed by atoms with Gasteiger partial charge in [0.25, 0.3) is 0 Å². The van der Waals surface area contributed by atoms with Crippen LogP contribution in [-0.2, 0) is 11.3 Å². The molecule has 2 aliphatic rings. The molecule has 2 saturated heterocycles. The molecule has 0 unspecified atom stereocenters. The van der Waals surface area contributed by atoms with Crippen molar-refractivity contribution in [3.63, 3.8) is 0 Å². The highest BCUT2D eigenvalue weighted by molar-refractivity contribution is 5.78. The SMILES string of the molecule is Cc1nnc2ccc(N3CCN(CC(=O)N4CCN(Cc5ccccc5)CC4)CC3)nn12. The van der Waals surface area contributed by atoms with Crippen molar-refractivity contribution in [1.29, 1.82) is 0 Å². The molecule has 1 aromatic carbocycles. The number of carbonyl (C=O) groups excluding carboxylic acids is 1. The van der Waals surface area contributed by atoms with Crippen molar-refractivity contribution in [1.82, 2.24) is 34.5 Å². The maximum atomic E-state index is 12.9. The van der Waals surface area contributed by atoms with Gasteiger partial charge < -0.3 is 9.80 Å². The molecule has 0 atom stereocenters. The second kappa shape index (κ2) is 9.22. The van der Waals surface area contributed by atoms with E-state index in [2.05, 4.69) is 54.3 Å². The lowest BCUT2D eigenvalue weighted by Gasteiger charge is -2.38. The Morgan fingerprint density at radius 1 is 0.844 bits per heavy atom. The highest BCUT2D eigenvalue weighted by Crippen LogP contribution is 2.15. The number of piperazine rings is 2. The molecule has 1 amide bonds. The van der Waals surface area contributed by atoms with Crippen molar-refractivity contribution in [2.24, 2.45) is 0 Å². The molecular weight excluding hydrogens is 404 g/mol. The van der Waals surface area contributed by atoms with E-state index in [0.29, 0.717) is 6.54 Å². The van der Waals surface area contributed by atoms with Gasteiger partial charge in [0, 0.05) is 58.9 Å². The van der Waals surface area contributed by atoms with Crippen LogP contribution < -0.4 is 4.90 Å². The Morgan fingerprint density at radius 3 is 2.31 bits per heavy atom. The fourth-order valence-corrected chi connectivity index (χ4v) is 4.48. The summed E-state index contributed by atoms with van der Waals surface area (Å²) in [6, 6.07) is 14.5. The minimum Gasteiger partial charge on any atom is -0.353 e. The van der Waals surface area contributed by atoms with Crippen LogP contribution in [0.3, 0.4) is 0 Å². The van der Waals surface area contributed by atoms with Crippen LogP contribution in [0.4, 0.5) is 5.82 Å². The molecule has 4 heterocycles. The summed E-state index contributed by atoms with van der Waals surface area (Å²) in [6.45, 7) is 10.3. The van der Waals surface area contributed by atoms with E-state index in [1.807, 2.05) is 30.0 Å². The fraction of sp³-hybridized carbons (Fsp3) is 0.478. The van der Waals surface area contributed by atoms with Crippen molar-refractivity contribution in [3.05, 3.63) is 53.9 Å². The van der Waals surface area contributed by atoms with Gasteiger partial charge in [0.1, 0.15) is 5.82 Å². The van der Waals surface area contributed by atoms with Crippen LogP contribution in [0.25, 0.3) is 5.65 Å². The molecule has 0 N–H and O–H groups in total. The second-order valence-electron chi connectivity index (χ2n) is 8.61. The lowest BCUT2D eigenvalue weighted by Crippen LogP contribution is -2.53. The molecule has 2 aromatic heterocycles. The number of aryl methyl sites for hydroxylation is 1. The highest BCUT2D eigenvalue weighted by atomic mass is 16.2. The van der Waals surface area contributed by atoms with E-state index in [1.54, 1.807) is 4.52 Å². The van der Waals surface area contributed by atoms with Gasteiger partial charge in [-0.15, -0.1) is 15.3 Å². The third-order valence-corrected chi connectivity index (χ3v) is 6.43. The van der Waals surface area contributed by atoms with E-state index in [9.17, 15) is 4.79 Å². The maximum absolute atomic E-state index is 12.9. The summed E-state index contributed by atoms with van der Waals surface area (Å²) >= 11 is 0. The monoisotopic (exact) mass is 434 g/mol. The van der Waals surface area contributed by atoms with Gasteiger partial charge in [-0.25, -0.2) is 0 Å². The first kappa shape index (κ1) is 20.8. The van der Waals surface area contributed by atoms with Gasteiger partial charge in [-0.1, -0.05) is 30.3 Å². The Hall–Kier alpha value is -3.04. The van der Waals surface area contributed by atoms with Gasteiger partial charge in [-0.3, -0.25) is 14.6 Å². The molecule has 5 rings (SSSR count). The molecule has 9 nitrogen and oxygen atoms in total. The topological polar surface area (TPSA) is 73.1 Å². The van der Waals surface area contributed by atoms with Crippen molar-refractivity contribution in [2.75, 3.05) is 63.8 Å². The molecule has 3 aromatic rings. The lowest BCUT2D eigenvalue weighted by atomic mass is 10.2. The molecule has 2 aliphatic heterocycles. The van der Waals surface area contributed by atoms with Crippen LogP contribution in [0.15, 0.2) is 42.5 Å². The van der Waals surface area contributed by atoms with Crippen molar-refractivity contribution in [2.45, 2.75) is 13.5 Å². The molecule has 0 saturated carbocycles. The van der Waals surface area contributed by atoms with E-state index >= 15 is 0 Å². The highest BCUT2D eigenvalue weighted by Gasteiger charge is 2.25. The molecule has 9 heteroatoms. The fourth-order valence-electron chi connectivity index (χ4n) is 4.48. The molecular formula is C23H30N8O. The molecule has 0 bridgehead atoms. The minimum atomic E-state index is 0.248. The van der Waals surface area contributed by atoms with Crippen LogP contribution in [-0.4, -0.2) is 99.3 Å². The van der Waals surface area contributed by atoms with Gasteiger partial charge in [-0.05, 0) is 24.6 Å².